The second-order valence-corrected chi connectivity index (χ2v) is 2.42. The van der Waals surface area contributed by atoms with Gasteiger partial charge in [-0.3, -0.25) is 0 Å². The van der Waals surface area contributed by atoms with Gasteiger partial charge in [0.1, 0.15) is 6.23 Å². The fourth-order valence-corrected chi connectivity index (χ4v) is 0.780. The first kappa shape index (κ1) is 8.92. The maximum atomic E-state index is 8.63. The molecule has 0 aliphatic carbocycles. The molecule has 0 aliphatic rings. The van der Waals surface area contributed by atoms with Crippen molar-refractivity contribution in [2.75, 3.05) is 0 Å². The van der Waals surface area contributed by atoms with Gasteiger partial charge in [0, 0.05) is 0 Å². The van der Waals surface area contributed by atoms with Crippen LogP contribution in [-0.2, 0) is 0 Å². The Morgan fingerprint density at radius 3 is 2.44 bits per heavy atom. The molecule has 0 radical (unpaired) electrons. The molecular weight excluding hydrogens is 114 g/mol. The minimum absolute atomic E-state index is 0.596. The zero-order chi connectivity index (χ0) is 7.11. The molecule has 0 heterocycles. The molecule has 0 amide bonds. The fourth-order valence-electron chi connectivity index (χ4n) is 0.780. The second-order valence-electron chi connectivity index (χ2n) is 2.42. The smallest absolute Gasteiger partial charge is 0.102 e. The zero-order valence-corrected chi connectivity index (χ0v) is 6.14. The maximum absolute atomic E-state index is 8.63. The van der Waals surface area contributed by atoms with Crippen LogP contribution < -0.4 is 5.73 Å². The Morgan fingerprint density at radius 1 is 1.33 bits per heavy atom. The molecular formula is C7H17NO. The standard InChI is InChI=1S/C7H17NO/c1-2-3-4-5-6-7(8)9/h7,9H,2-6,8H2,1H3. The van der Waals surface area contributed by atoms with Crippen molar-refractivity contribution in [3.05, 3.63) is 0 Å². The second kappa shape index (κ2) is 6.05. The number of hydrogen-bond acceptors (Lipinski definition) is 2. The molecule has 0 rings (SSSR count). The van der Waals surface area contributed by atoms with Gasteiger partial charge in [0.15, 0.2) is 0 Å². The van der Waals surface area contributed by atoms with Crippen molar-refractivity contribution in [3.8, 4) is 0 Å². The number of aliphatic hydroxyl groups excluding tert-OH is 1. The summed E-state index contributed by atoms with van der Waals surface area (Å²) >= 11 is 0. The molecule has 0 aromatic heterocycles. The van der Waals surface area contributed by atoms with Crippen molar-refractivity contribution in [3.63, 3.8) is 0 Å². The predicted molar refractivity (Wildman–Crippen MR) is 39.0 cm³/mol. The summed E-state index contributed by atoms with van der Waals surface area (Å²) in [5.74, 6) is 0. The summed E-state index contributed by atoms with van der Waals surface area (Å²) in [5.41, 5.74) is 5.13. The average molecular weight is 131 g/mol. The number of unbranched alkanes of at least 4 members (excludes halogenated alkanes) is 3. The third kappa shape index (κ3) is 7.92. The molecule has 0 aromatic rings. The molecule has 2 heteroatoms. The Hall–Kier alpha value is -0.0800. The van der Waals surface area contributed by atoms with E-state index in [0.29, 0.717) is 0 Å². The molecule has 0 fully saturated rings. The number of rotatable bonds is 5. The van der Waals surface area contributed by atoms with E-state index in [-0.39, 0.29) is 0 Å². The highest BCUT2D eigenvalue weighted by Gasteiger charge is 1.93. The van der Waals surface area contributed by atoms with Crippen LogP contribution in [0.5, 0.6) is 0 Å². The summed E-state index contributed by atoms with van der Waals surface area (Å²) in [7, 11) is 0. The van der Waals surface area contributed by atoms with Gasteiger partial charge in [-0.1, -0.05) is 26.2 Å². The summed E-state index contributed by atoms with van der Waals surface area (Å²) in [5, 5.41) is 8.63. The maximum Gasteiger partial charge on any atom is 0.102 e. The van der Waals surface area contributed by atoms with Gasteiger partial charge in [-0.2, -0.15) is 0 Å². The Kier molecular flexibility index (Phi) is 5.99. The van der Waals surface area contributed by atoms with Crippen molar-refractivity contribution >= 4 is 0 Å². The predicted octanol–water partition coefficient (Wildman–Crippen LogP) is 1.23. The lowest BCUT2D eigenvalue weighted by molar-refractivity contribution is 0.168. The summed E-state index contributed by atoms with van der Waals surface area (Å²) in [6, 6.07) is 0. The number of nitrogens with two attached hydrogens (primary N) is 1. The number of hydrogen-bond donors (Lipinski definition) is 2. The number of aliphatic hydroxyl groups is 1. The third-order valence-corrected chi connectivity index (χ3v) is 1.35. The van der Waals surface area contributed by atoms with E-state index in [0.717, 1.165) is 12.8 Å². The van der Waals surface area contributed by atoms with Crippen molar-refractivity contribution in [1.29, 1.82) is 0 Å². The van der Waals surface area contributed by atoms with E-state index in [2.05, 4.69) is 6.92 Å². The fraction of sp³-hybridized carbons (Fsp3) is 1.00. The van der Waals surface area contributed by atoms with E-state index in [1.54, 1.807) is 0 Å². The van der Waals surface area contributed by atoms with Crippen LogP contribution >= 0.6 is 0 Å². The summed E-state index contributed by atoms with van der Waals surface area (Å²) in [6.45, 7) is 2.17. The molecule has 0 saturated carbocycles. The first-order valence-corrected chi connectivity index (χ1v) is 3.71. The van der Waals surface area contributed by atoms with Crippen LogP contribution in [0.25, 0.3) is 0 Å². The van der Waals surface area contributed by atoms with Crippen molar-refractivity contribution in [2.24, 2.45) is 5.73 Å². The molecule has 9 heavy (non-hydrogen) atoms. The van der Waals surface area contributed by atoms with Gasteiger partial charge in [0.25, 0.3) is 0 Å². The molecule has 2 nitrogen and oxygen atoms in total. The highest BCUT2D eigenvalue weighted by molar-refractivity contribution is 4.45. The summed E-state index contributed by atoms with van der Waals surface area (Å²) < 4.78 is 0. The van der Waals surface area contributed by atoms with E-state index >= 15 is 0 Å². The van der Waals surface area contributed by atoms with Crippen LogP contribution in [0.3, 0.4) is 0 Å². The molecule has 3 N–H and O–H groups in total. The van der Waals surface area contributed by atoms with Gasteiger partial charge >= 0.3 is 0 Å². The van der Waals surface area contributed by atoms with E-state index in [1.165, 1.54) is 19.3 Å². The minimum atomic E-state index is -0.596. The molecule has 1 unspecified atom stereocenters. The van der Waals surface area contributed by atoms with E-state index in [9.17, 15) is 0 Å². The topological polar surface area (TPSA) is 46.2 Å². The average Bonchev–Trinajstić information content (AvgIpc) is 1.80. The van der Waals surface area contributed by atoms with Crippen LogP contribution in [0, 0.1) is 0 Å². The van der Waals surface area contributed by atoms with Crippen LogP contribution in [-0.4, -0.2) is 11.3 Å². The largest absolute Gasteiger partial charge is 0.379 e. The Bertz CT molecular complexity index is 54.9. The Labute approximate surface area is 57.1 Å². The lowest BCUT2D eigenvalue weighted by Gasteiger charge is -2.01. The van der Waals surface area contributed by atoms with Crippen molar-refractivity contribution < 1.29 is 5.11 Å². The Balaban J connectivity index is 2.75. The molecule has 56 valence electrons. The molecule has 0 aromatic carbocycles. The minimum Gasteiger partial charge on any atom is -0.379 e. The van der Waals surface area contributed by atoms with Crippen LogP contribution in [0.15, 0.2) is 0 Å². The lowest BCUT2D eigenvalue weighted by Crippen LogP contribution is -2.17. The quantitative estimate of drug-likeness (QED) is 0.435. The molecule has 0 bridgehead atoms. The first-order chi connectivity index (χ1) is 4.27. The highest BCUT2D eigenvalue weighted by atomic mass is 16.3. The van der Waals surface area contributed by atoms with Crippen LogP contribution in [0.4, 0.5) is 0 Å². The Morgan fingerprint density at radius 2 is 2.00 bits per heavy atom. The molecule has 1 atom stereocenters. The van der Waals surface area contributed by atoms with Crippen molar-refractivity contribution in [1.82, 2.24) is 0 Å². The van der Waals surface area contributed by atoms with Gasteiger partial charge in [-0.15, -0.1) is 0 Å². The van der Waals surface area contributed by atoms with Gasteiger partial charge in [0.05, 0.1) is 0 Å². The third-order valence-electron chi connectivity index (χ3n) is 1.35. The SMILES string of the molecule is CCCCCCC(N)O. The summed E-state index contributed by atoms with van der Waals surface area (Å²) in [4.78, 5) is 0. The van der Waals surface area contributed by atoms with Crippen molar-refractivity contribution in [2.45, 2.75) is 45.3 Å². The zero-order valence-electron chi connectivity index (χ0n) is 6.14. The summed E-state index contributed by atoms with van der Waals surface area (Å²) in [6.07, 6.45) is 4.91. The van der Waals surface area contributed by atoms with Gasteiger partial charge in [0.2, 0.25) is 0 Å². The van der Waals surface area contributed by atoms with Gasteiger partial charge < -0.3 is 10.8 Å². The van der Waals surface area contributed by atoms with Crippen LogP contribution in [0.2, 0.25) is 0 Å². The van der Waals surface area contributed by atoms with Gasteiger partial charge in [-0.25, -0.2) is 0 Å². The monoisotopic (exact) mass is 131 g/mol. The molecule has 0 saturated heterocycles. The normalized spacial score (nSPS) is 13.7. The van der Waals surface area contributed by atoms with Gasteiger partial charge in [-0.05, 0) is 12.8 Å². The molecule has 0 spiro atoms. The lowest BCUT2D eigenvalue weighted by atomic mass is 10.1. The van der Waals surface area contributed by atoms with E-state index in [4.69, 9.17) is 10.8 Å². The highest BCUT2D eigenvalue weighted by Crippen LogP contribution is 2.02. The van der Waals surface area contributed by atoms with Crippen LogP contribution in [0.1, 0.15) is 39.0 Å². The van der Waals surface area contributed by atoms with E-state index < -0.39 is 6.23 Å². The van der Waals surface area contributed by atoms with E-state index in [1.807, 2.05) is 0 Å². The first-order valence-electron chi connectivity index (χ1n) is 3.71. The molecule has 0 aliphatic heterocycles.